The summed E-state index contributed by atoms with van der Waals surface area (Å²) in [5.41, 5.74) is 0. The van der Waals surface area contributed by atoms with E-state index in [1.807, 2.05) is 0 Å². The zero-order valence-corrected chi connectivity index (χ0v) is 10.9. The van der Waals surface area contributed by atoms with Gasteiger partial charge in [0, 0.05) is 13.7 Å². The molecule has 0 saturated carbocycles. The summed E-state index contributed by atoms with van der Waals surface area (Å²) in [5.74, 6) is -0.555. The Labute approximate surface area is 107 Å². The Morgan fingerprint density at radius 1 is 1.41 bits per heavy atom. The molecule has 0 bridgehead atoms. The first-order valence-corrected chi connectivity index (χ1v) is 5.72. The molecule has 2 amide bonds. The third kappa shape index (κ3) is 5.01. The van der Waals surface area contributed by atoms with Gasteiger partial charge in [0.05, 0.1) is 13.2 Å². The average Bonchev–Trinajstić information content (AvgIpc) is 2.73. The van der Waals surface area contributed by atoms with E-state index >= 15 is 0 Å². The predicted molar refractivity (Wildman–Crippen MR) is 63.6 cm³/mol. The molecule has 0 atom stereocenters. The first-order chi connectivity index (χ1) is 8.13. The molecular weight excluding hydrogens is 292 g/mol. The largest absolute Gasteiger partial charge is 0.444 e. The van der Waals surface area contributed by atoms with E-state index in [9.17, 15) is 9.59 Å². The van der Waals surface area contributed by atoms with Crippen LogP contribution in [0, 0.1) is 0 Å². The number of carbonyl (C=O) groups excluding carboxylic acids is 2. The number of ether oxygens (including phenoxy) is 1. The predicted octanol–water partition coefficient (Wildman–Crippen LogP) is 0.535. The Balaban J connectivity index is 2.26. The molecule has 0 fully saturated rings. The highest BCUT2D eigenvalue weighted by Gasteiger charge is 2.11. The maximum Gasteiger partial charge on any atom is 0.287 e. The van der Waals surface area contributed by atoms with E-state index < -0.39 is 5.91 Å². The Morgan fingerprint density at radius 3 is 2.76 bits per heavy atom. The molecule has 0 aliphatic carbocycles. The molecular formula is C10H13BrN2O4. The van der Waals surface area contributed by atoms with Crippen LogP contribution in [0.5, 0.6) is 0 Å². The lowest BCUT2D eigenvalue weighted by molar-refractivity contribution is -0.120. The van der Waals surface area contributed by atoms with E-state index in [0.717, 1.165) is 0 Å². The maximum absolute atomic E-state index is 11.5. The molecule has 2 N–H and O–H groups in total. The zero-order valence-electron chi connectivity index (χ0n) is 9.29. The van der Waals surface area contributed by atoms with Crippen LogP contribution in [0.1, 0.15) is 10.6 Å². The van der Waals surface area contributed by atoms with Gasteiger partial charge in [-0.25, -0.2) is 0 Å². The van der Waals surface area contributed by atoms with Crippen molar-refractivity contribution in [3.8, 4) is 0 Å². The normalized spacial score (nSPS) is 10.0. The average molecular weight is 305 g/mol. The van der Waals surface area contributed by atoms with Crippen LogP contribution in [0.3, 0.4) is 0 Å². The standard InChI is InChI=1S/C10H13BrN2O4/c1-16-5-4-12-9(14)6-13-10(15)7-2-3-8(11)17-7/h2-3H,4-6H2,1H3,(H,12,14)(H,13,15). The molecule has 6 nitrogen and oxygen atoms in total. The summed E-state index contributed by atoms with van der Waals surface area (Å²) < 4.78 is 10.3. The van der Waals surface area contributed by atoms with Gasteiger partial charge >= 0.3 is 0 Å². The van der Waals surface area contributed by atoms with Gasteiger partial charge in [-0.1, -0.05) is 0 Å². The maximum atomic E-state index is 11.5. The second-order valence-corrected chi connectivity index (χ2v) is 3.91. The molecule has 17 heavy (non-hydrogen) atoms. The van der Waals surface area contributed by atoms with Crippen molar-refractivity contribution in [2.24, 2.45) is 0 Å². The fourth-order valence-electron chi connectivity index (χ4n) is 1.04. The highest BCUT2D eigenvalue weighted by Crippen LogP contribution is 2.13. The van der Waals surface area contributed by atoms with Gasteiger partial charge in [-0.15, -0.1) is 0 Å². The van der Waals surface area contributed by atoms with Crippen molar-refractivity contribution in [1.29, 1.82) is 0 Å². The summed E-state index contributed by atoms with van der Waals surface area (Å²) in [6.45, 7) is 0.753. The number of furan rings is 1. The molecule has 0 saturated heterocycles. The van der Waals surface area contributed by atoms with Crippen LogP contribution in [0.15, 0.2) is 21.2 Å². The quantitative estimate of drug-likeness (QED) is 0.752. The van der Waals surface area contributed by atoms with Gasteiger partial charge in [0.1, 0.15) is 0 Å². The lowest BCUT2D eigenvalue weighted by atomic mass is 10.4. The Morgan fingerprint density at radius 2 is 2.18 bits per heavy atom. The fraction of sp³-hybridized carbons (Fsp3) is 0.400. The zero-order chi connectivity index (χ0) is 12.7. The van der Waals surface area contributed by atoms with Crippen LogP contribution in [-0.2, 0) is 9.53 Å². The molecule has 1 aromatic heterocycles. The van der Waals surface area contributed by atoms with Gasteiger partial charge in [0.25, 0.3) is 5.91 Å². The first-order valence-electron chi connectivity index (χ1n) is 4.92. The monoisotopic (exact) mass is 304 g/mol. The number of hydrogen-bond acceptors (Lipinski definition) is 4. The minimum Gasteiger partial charge on any atom is -0.444 e. The highest BCUT2D eigenvalue weighted by atomic mass is 79.9. The van der Waals surface area contributed by atoms with Gasteiger partial charge in [0.15, 0.2) is 10.4 Å². The molecule has 1 aromatic rings. The SMILES string of the molecule is COCCNC(=O)CNC(=O)c1ccc(Br)o1. The minimum atomic E-state index is -0.433. The first kappa shape index (κ1) is 13.7. The molecule has 1 heterocycles. The van der Waals surface area contributed by atoms with Crippen LogP contribution in [0.4, 0.5) is 0 Å². The number of carbonyl (C=O) groups is 2. The van der Waals surface area contributed by atoms with E-state index in [0.29, 0.717) is 17.8 Å². The summed E-state index contributed by atoms with van der Waals surface area (Å²) >= 11 is 3.08. The van der Waals surface area contributed by atoms with Crippen LogP contribution in [0.25, 0.3) is 0 Å². The third-order valence-electron chi connectivity index (χ3n) is 1.83. The lowest BCUT2D eigenvalue weighted by Gasteiger charge is -2.05. The summed E-state index contributed by atoms with van der Waals surface area (Å²) in [5, 5.41) is 5.01. The Hall–Kier alpha value is -1.34. The van der Waals surface area contributed by atoms with Crippen LogP contribution in [-0.4, -0.2) is 38.6 Å². The molecule has 0 aromatic carbocycles. The van der Waals surface area contributed by atoms with Crippen molar-refractivity contribution in [2.45, 2.75) is 0 Å². The van der Waals surface area contributed by atoms with Gasteiger partial charge in [-0.05, 0) is 28.1 Å². The van der Waals surface area contributed by atoms with Gasteiger partial charge in [-0.3, -0.25) is 9.59 Å². The smallest absolute Gasteiger partial charge is 0.287 e. The molecule has 94 valence electrons. The summed E-state index contributed by atoms with van der Waals surface area (Å²) in [4.78, 5) is 22.7. The number of rotatable bonds is 6. The molecule has 0 radical (unpaired) electrons. The number of nitrogens with one attached hydrogen (secondary N) is 2. The van der Waals surface area contributed by atoms with E-state index in [2.05, 4.69) is 26.6 Å². The molecule has 1 rings (SSSR count). The third-order valence-corrected chi connectivity index (χ3v) is 2.26. The van der Waals surface area contributed by atoms with E-state index in [1.54, 1.807) is 13.2 Å². The minimum absolute atomic E-state index is 0.0964. The topological polar surface area (TPSA) is 80.6 Å². The van der Waals surface area contributed by atoms with Crippen molar-refractivity contribution in [1.82, 2.24) is 10.6 Å². The lowest BCUT2D eigenvalue weighted by Crippen LogP contribution is -2.38. The second-order valence-electron chi connectivity index (χ2n) is 3.13. The molecule has 0 aliphatic heterocycles. The second kappa shape index (κ2) is 7.08. The summed E-state index contributed by atoms with van der Waals surface area (Å²) in [6, 6.07) is 3.12. The number of methoxy groups -OCH3 is 1. The number of hydrogen-bond donors (Lipinski definition) is 2. The van der Waals surface area contributed by atoms with Crippen molar-refractivity contribution in [3.05, 3.63) is 22.6 Å². The molecule has 0 unspecified atom stereocenters. The van der Waals surface area contributed by atoms with Crippen molar-refractivity contribution in [3.63, 3.8) is 0 Å². The van der Waals surface area contributed by atoms with Gasteiger partial charge in [-0.2, -0.15) is 0 Å². The fourth-order valence-corrected chi connectivity index (χ4v) is 1.35. The van der Waals surface area contributed by atoms with Crippen LogP contribution in [0.2, 0.25) is 0 Å². The van der Waals surface area contributed by atoms with Gasteiger partial charge in [0.2, 0.25) is 5.91 Å². The van der Waals surface area contributed by atoms with E-state index in [-0.39, 0.29) is 18.2 Å². The Bertz CT molecular complexity index is 391. The summed E-state index contributed by atoms with van der Waals surface area (Å²) in [7, 11) is 1.54. The van der Waals surface area contributed by atoms with Gasteiger partial charge < -0.3 is 19.8 Å². The van der Waals surface area contributed by atoms with Crippen LogP contribution < -0.4 is 10.6 Å². The number of halogens is 1. The Kier molecular flexibility index (Phi) is 5.71. The molecule has 0 aliphatic rings. The summed E-state index contributed by atoms with van der Waals surface area (Å²) in [6.07, 6.45) is 0. The van der Waals surface area contributed by atoms with Crippen molar-refractivity contribution in [2.75, 3.05) is 26.8 Å². The van der Waals surface area contributed by atoms with E-state index in [4.69, 9.17) is 9.15 Å². The van der Waals surface area contributed by atoms with Crippen molar-refractivity contribution < 1.29 is 18.7 Å². The molecule has 7 heteroatoms. The molecule has 0 spiro atoms. The van der Waals surface area contributed by atoms with E-state index in [1.165, 1.54) is 6.07 Å². The van der Waals surface area contributed by atoms with Crippen LogP contribution >= 0.6 is 15.9 Å². The van der Waals surface area contributed by atoms with Crippen molar-refractivity contribution >= 4 is 27.7 Å². The number of amides is 2. The highest BCUT2D eigenvalue weighted by molar-refractivity contribution is 9.10.